The molecule has 0 bridgehead atoms. The zero-order valence-electron chi connectivity index (χ0n) is 26.7. The van der Waals surface area contributed by atoms with Crippen LogP contribution in [-0.4, -0.2) is 20.3 Å². The fraction of sp³-hybridized carbons (Fsp3) is 0.171. The van der Waals surface area contributed by atoms with Crippen LogP contribution in [0.1, 0.15) is 61.3 Å². The summed E-state index contributed by atoms with van der Waals surface area (Å²) in [5, 5.41) is 6.35. The van der Waals surface area contributed by atoms with Crippen molar-refractivity contribution in [2.24, 2.45) is 0 Å². The Morgan fingerprint density at radius 3 is 2.74 bits per heavy atom. The van der Waals surface area contributed by atoms with E-state index >= 15 is 0 Å². The molecule has 3 aliphatic rings. The number of alkyl halides is 1. The van der Waals surface area contributed by atoms with E-state index in [1.165, 1.54) is 90.2 Å². The molecule has 9 rings (SSSR count). The summed E-state index contributed by atoms with van der Waals surface area (Å²) in [5.41, 5.74) is 12.7. The van der Waals surface area contributed by atoms with Crippen molar-refractivity contribution < 1.29 is 4.42 Å². The number of allylic oxidation sites excluding steroid dienone is 3. The van der Waals surface area contributed by atoms with Gasteiger partial charge in [0.15, 0.2) is 0 Å². The molecule has 0 saturated carbocycles. The molecule has 0 fully saturated rings. The first-order valence-corrected chi connectivity index (χ1v) is 20.5. The van der Waals surface area contributed by atoms with Gasteiger partial charge in [-0.15, -0.1) is 0 Å². The summed E-state index contributed by atoms with van der Waals surface area (Å²) < 4.78 is 16.3. The van der Waals surface area contributed by atoms with Gasteiger partial charge in [-0.1, -0.05) is 0 Å². The second-order valence-electron chi connectivity index (χ2n) is 12.6. The fourth-order valence-corrected chi connectivity index (χ4v) is 12.4. The van der Waals surface area contributed by atoms with Gasteiger partial charge in [0.1, 0.15) is 0 Å². The number of para-hydroxylation sites is 1. The third kappa shape index (κ3) is 4.03. The van der Waals surface area contributed by atoms with Crippen LogP contribution in [0.3, 0.4) is 0 Å². The van der Waals surface area contributed by atoms with Gasteiger partial charge in [0.2, 0.25) is 0 Å². The maximum atomic E-state index is 6.83. The normalized spacial score (nSPS) is 15.2. The number of hydrogen-bond acceptors (Lipinski definition) is 1. The van der Waals surface area contributed by atoms with Gasteiger partial charge in [0, 0.05) is 0 Å². The van der Waals surface area contributed by atoms with E-state index in [0.717, 1.165) is 35.1 Å². The molecule has 47 heavy (non-hydrogen) atoms. The summed E-state index contributed by atoms with van der Waals surface area (Å²) >= 11 is 2.42. The van der Waals surface area contributed by atoms with E-state index in [9.17, 15) is 0 Å². The molecule has 5 heterocycles. The first kappa shape index (κ1) is 29.6. The van der Waals surface area contributed by atoms with Gasteiger partial charge in [-0.05, 0) is 0 Å². The number of rotatable bonds is 7. The van der Waals surface area contributed by atoms with Crippen molar-refractivity contribution in [1.82, 2.24) is 9.05 Å². The molecule has 0 atom stereocenters. The van der Waals surface area contributed by atoms with Crippen LogP contribution >= 0.6 is 43.8 Å². The number of halogens is 2. The van der Waals surface area contributed by atoms with Crippen LogP contribution in [-0.2, 0) is 6.42 Å². The maximum absolute atomic E-state index is 6.83. The molecular weight excluding hydrogens is 801 g/mol. The standard InChI is InChI=1S/C41H35BI2N2O/c1-5-9-21-44-24-19-20-26-28(14-7-3)39-41(43)42-37-34(45(39)33(26)22-24)23-31-27(13-6-2)35(8-4)47-40(31)36(37)30-17-12-16-29-25-15-10-11-18-32(25)46(42)38(29)30/h6-8,10-11,13-15,17-20,22-23,44H,3-5,9,12,16,21H2,1-2H3/b13-6-,28-14-. The summed E-state index contributed by atoms with van der Waals surface area (Å²) in [6, 6.07) is 18.7. The van der Waals surface area contributed by atoms with Gasteiger partial charge in [-0.2, -0.15) is 0 Å². The van der Waals surface area contributed by atoms with Gasteiger partial charge < -0.3 is 0 Å². The van der Waals surface area contributed by atoms with Crippen molar-refractivity contribution in [2.45, 2.75) is 39.5 Å². The second kappa shape index (κ2) is 11.3. The van der Waals surface area contributed by atoms with Crippen LogP contribution in [0.5, 0.6) is 0 Å². The average Bonchev–Trinajstić information content (AvgIpc) is 3.73. The Labute approximate surface area is 299 Å². The molecule has 3 aromatic heterocycles. The third-order valence-electron chi connectivity index (χ3n) is 10.1. The second-order valence-corrected chi connectivity index (χ2v) is 17.1. The Balaban J connectivity index is 1.52. The summed E-state index contributed by atoms with van der Waals surface area (Å²) in [6.45, 7) is 12.7. The number of benzene rings is 3. The van der Waals surface area contributed by atoms with Crippen LogP contribution in [0.15, 0.2) is 84.3 Å². The van der Waals surface area contributed by atoms with Crippen molar-refractivity contribution in [3.63, 3.8) is 0 Å². The van der Waals surface area contributed by atoms with Crippen LogP contribution in [0.25, 0.3) is 65.7 Å². The minimum atomic E-state index is -0.257. The summed E-state index contributed by atoms with van der Waals surface area (Å²) in [4.78, 5) is 0. The molecule has 6 heteroatoms. The number of unbranched alkanes of at least 4 members (excludes halogenated alkanes) is 1. The average molecular weight is 836 g/mol. The Hall–Kier alpha value is -3.50. The Morgan fingerprint density at radius 2 is 1.94 bits per heavy atom. The summed E-state index contributed by atoms with van der Waals surface area (Å²) in [6.07, 6.45) is 17.4. The predicted octanol–water partition coefficient (Wildman–Crippen LogP) is 9.18. The van der Waals surface area contributed by atoms with Crippen LogP contribution in [0, 0.1) is 3.57 Å². The molecule has 0 spiro atoms. The Kier molecular flexibility index (Phi) is 7.12. The van der Waals surface area contributed by atoms with Crippen molar-refractivity contribution in [2.75, 3.05) is 4.43 Å². The van der Waals surface area contributed by atoms with E-state index in [1.54, 1.807) is 0 Å². The van der Waals surface area contributed by atoms with E-state index in [1.807, 2.05) is 12.2 Å². The molecule has 3 aromatic carbocycles. The van der Waals surface area contributed by atoms with E-state index in [2.05, 4.69) is 131 Å². The van der Waals surface area contributed by atoms with Crippen molar-refractivity contribution >= 4 is 116 Å². The number of nitrogens with zero attached hydrogens (tertiary/aromatic N) is 2. The van der Waals surface area contributed by atoms with Crippen LogP contribution in [0.2, 0.25) is 0 Å². The van der Waals surface area contributed by atoms with Crippen LogP contribution in [0.4, 0.5) is 0 Å². The monoisotopic (exact) mass is 836 g/mol. The molecular formula is C41H35BI2N2O. The first-order chi connectivity index (χ1) is 23.1. The van der Waals surface area contributed by atoms with E-state index in [0.29, 0.717) is 0 Å². The topological polar surface area (TPSA) is 23.0 Å². The van der Waals surface area contributed by atoms with Gasteiger partial charge in [-0.25, -0.2) is 0 Å². The number of fused-ring (bicyclic) bond motifs is 11. The molecule has 0 amide bonds. The van der Waals surface area contributed by atoms with Crippen LogP contribution < -0.4 is 16.0 Å². The van der Waals surface area contributed by atoms with Gasteiger partial charge >= 0.3 is 301 Å². The number of aryl methyl sites for hydroxylation is 1. The SMILES string of the molecule is C=C/C=c1\c2n(c3cc([IH]CCCC)ccc13)-c1cc3c(/C=C\C)c(C=C)oc3c3c1B(C=2I)n1c2c(c4ccccc41)CCC=C32. The zero-order chi connectivity index (χ0) is 32.0. The fourth-order valence-electron chi connectivity index (χ4n) is 8.30. The quantitative estimate of drug-likeness (QED) is 0.0682. The summed E-state index contributed by atoms with van der Waals surface area (Å²) in [7, 11) is 0. The molecule has 3 nitrogen and oxygen atoms in total. The molecule has 0 unspecified atom stereocenters. The minimum absolute atomic E-state index is 0.0305. The zero-order valence-corrected chi connectivity index (χ0v) is 31.2. The number of hydrogen-bond donors (Lipinski definition) is 0. The van der Waals surface area contributed by atoms with Gasteiger partial charge in [0.25, 0.3) is 0 Å². The number of furan rings is 1. The van der Waals surface area contributed by atoms with Crippen molar-refractivity contribution in [3.8, 4) is 5.69 Å². The first-order valence-electron chi connectivity index (χ1n) is 16.6. The Morgan fingerprint density at radius 1 is 1.06 bits per heavy atom. The summed E-state index contributed by atoms with van der Waals surface area (Å²) in [5.74, 6) is 0.830. The predicted molar refractivity (Wildman–Crippen MR) is 221 cm³/mol. The third-order valence-corrected chi connectivity index (χ3v) is 14.3. The van der Waals surface area contributed by atoms with Crippen molar-refractivity contribution in [3.05, 3.63) is 122 Å². The van der Waals surface area contributed by atoms with Gasteiger partial charge in [0.05, 0.1) is 0 Å². The molecule has 232 valence electrons. The Bertz CT molecular complexity index is 2560. The molecule has 0 N–H and O–H groups in total. The molecule has 6 aromatic rings. The molecule has 0 radical (unpaired) electrons. The van der Waals surface area contributed by atoms with E-state index in [-0.39, 0.29) is 28.1 Å². The molecule has 2 aliphatic heterocycles. The molecule has 1 aliphatic carbocycles. The molecule has 0 saturated heterocycles. The van der Waals surface area contributed by atoms with E-state index < -0.39 is 0 Å². The van der Waals surface area contributed by atoms with Crippen molar-refractivity contribution in [1.29, 1.82) is 0 Å². The van der Waals surface area contributed by atoms with Gasteiger partial charge in [-0.3, -0.25) is 0 Å². The van der Waals surface area contributed by atoms with E-state index in [4.69, 9.17) is 4.42 Å². The number of aromatic nitrogens is 2.